The number of nitrogens with zero attached hydrogens (tertiary/aromatic N) is 8. The van der Waals surface area contributed by atoms with E-state index in [0.717, 1.165) is 84.4 Å². The quantitative estimate of drug-likeness (QED) is 0.131. The largest absolute Gasteiger partial charge is 0.508 e. The van der Waals surface area contributed by atoms with E-state index in [1.807, 2.05) is 83.8 Å². The van der Waals surface area contributed by atoms with E-state index in [4.69, 9.17) is 4.74 Å². The fraction of sp³-hybridized carbons (Fsp3) is 0.368. The van der Waals surface area contributed by atoms with Gasteiger partial charge in [0.1, 0.15) is 29.9 Å². The van der Waals surface area contributed by atoms with Crippen molar-refractivity contribution in [1.82, 2.24) is 28.7 Å². The number of phenols is 1. The maximum Gasteiger partial charge on any atom is 0.264 e. The van der Waals surface area contributed by atoms with Crippen LogP contribution in [0.5, 0.6) is 11.5 Å². The van der Waals surface area contributed by atoms with Gasteiger partial charge in [0.25, 0.3) is 11.8 Å². The first-order valence-corrected chi connectivity index (χ1v) is 24.7. The zero-order valence-corrected chi connectivity index (χ0v) is 40.9. The van der Waals surface area contributed by atoms with Crippen LogP contribution in [0.3, 0.4) is 0 Å². The number of hydrogen-bond acceptors (Lipinski definition) is 8. The first-order chi connectivity index (χ1) is 33.8. The molecule has 1 saturated carbocycles. The van der Waals surface area contributed by atoms with Gasteiger partial charge in [-0.3, -0.25) is 29.1 Å². The highest BCUT2D eigenvalue weighted by molar-refractivity contribution is 6.13. The summed E-state index contributed by atoms with van der Waals surface area (Å²) in [5.41, 5.74) is 10.5. The van der Waals surface area contributed by atoms with Crippen LogP contribution in [0.2, 0.25) is 0 Å². The maximum atomic E-state index is 15.2. The SMILES string of the molecule is Cc1c(N(C(=O)c2cc(-c3cc4c(cc3C(=O)N3Cc5ccccc5C[C@H]3C)CN(C(=O)Cc3ccc(OCCN5CCN(C6CC6)CC5)cc3)CC4)n(C)c2C)c2ccc(O)cc2)cc(C#N)n1C. The number of phenolic OH excluding ortho intramolecular Hbond substituents is 1. The van der Waals surface area contributed by atoms with Crippen LogP contribution in [0, 0.1) is 25.2 Å². The summed E-state index contributed by atoms with van der Waals surface area (Å²) >= 11 is 0. The van der Waals surface area contributed by atoms with E-state index < -0.39 is 0 Å². The summed E-state index contributed by atoms with van der Waals surface area (Å²) in [6, 6.07) is 33.2. The number of rotatable bonds is 12. The number of carbonyl (C=O) groups excluding carboxylic acids is 3. The molecular weight excluding hydrogens is 877 g/mol. The van der Waals surface area contributed by atoms with Crippen LogP contribution < -0.4 is 9.64 Å². The molecule has 0 unspecified atom stereocenters. The van der Waals surface area contributed by atoms with Gasteiger partial charge in [0.05, 0.1) is 17.7 Å². The van der Waals surface area contributed by atoms with Gasteiger partial charge >= 0.3 is 0 Å². The molecule has 360 valence electrons. The number of hydrogen-bond donors (Lipinski definition) is 1. The number of carbonyl (C=O) groups is 3. The Morgan fingerprint density at radius 3 is 2.21 bits per heavy atom. The van der Waals surface area contributed by atoms with Gasteiger partial charge in [0.2, 0.25) is 5.91 Å². The molecule has 6 aromatic rings. The van der Waals surface area contributed by atoms with Gasteiger partial charge in [0.15, 0.2) is 0 Å². The van der Waals surface area contributed by atoms with Gasteiger partial charge in [-0.2, -0.15) is 5.26 Å². The fourth-order valence-corrected chi connectivity index (χ4v) is 10.7. The Labute approximate surface area is 410 Å². The standard InChI is InChI=1S/C57H62N8O5/c1-37-28-41-8-6-7-9-43(41)36-64(37)56(68)52-31-44-35-63(55(67)29-40-10-18-49(19-11-40)70-27-26-61-22-24-62(25-23-61)45-12-13-45)21-20-42(44)30-51(52)54-33-50(38(2)60(54)5)57(69)65(46-14-16-48(66)17-15-46)53-32-47(34-58)59(4)39(53)3/h6-11,14-19,30-33,37,45,66H,12-13,20-29,35-36H2,1-5H3/t37-/m1/s1. The molecule has 2 aromatic heterocycles. The third-order valence-electron chi connectivity index (χ3n) is 15.3. The molecule has 1 atom stereocenters. The predicted molar refractivity (Wildman–Crippen MR) is 270 cm³/mol. The molecule has 4 aliphatic rings. The lowest BCUT2D eigenvalue weighted by Crippen LogP contribution is -2.48. The van der Waals surface area contributed by atoms with Gasteiger partial charge in [-0.25, -0.2) is 0 Å². The van der Waals surface area contributed by atoms with Crippen molar-refractivity contribution in [3.63, 3.8) is 0 Å². The van der Waals surface area contributed by atoms with E-state index >= 15 is 9.59 Å². The van der Waals surface area contributed by atoms with Gasteiger partial charge in [-0.15, -0.1) is 0 Å². The molecule has 13 heteroatoms. The third-order valence-corrected chi connectivity index (χ3v) is 15.3. The normalized spacial score (nSPS) is 17.2. The summed E-state index contributed by atoms with van der Waals surface area (Å²) in [5, 5.41) is 20.1. The highest BCUT2D eigenvalue weighted by Gasteiger charge is 2.34. The van der Waals surface area contributed by atoms with Crippen LogP contribution in [0.1, 0.15) is 85.4 Å². The molecule has 4 aromatic carbocycles. The number of anilines is 2. The Morgan fingerprint density at radius 1 is 0.786 bits per heavy atom. The number of aromatic hydroxyl groups is 1. The Balaban J connectivity index is 0.918. The molecule has 13 nitrogen and oxygen atoms in total. The summed E-state index contributed by atoms with van der Waals surface area (Å²) in [4.78, 5) is 54.8. The Bertz CT molecular complexity index is 3010. The number of piperazine rings is 1. The highest BCUT2D eigenvalue weighted by atomic mass is 16.5. The lowest BCUT2D eigenvalue weighted by molar-refractivity contribution is -0.131. The molecule has 10 rings (SSSR count). The van der Waals surface area contributed by atoms with Crippen molar-refractivity contribution in [2.24, 2.45) is 14.1 Å². The molecule has 0 spiro atoms. The summed E-state index contributed by atoms with van der Waals surface area (Å²) in [6.45, 7) is 13.2. The van der Waals surface area contributed by atoms with Crippen LogP contribution in [0.4, 0.5) is 11.4 Å². The van der Waals surface area contributed by atoms with Crippen LogP contribution >= 0.6 is 0 Å². The van der Waals surface area contributed by atoms with E-state index in [1.54, 1.807) is 34.7 Å². The first kappa shape index (κ1) is 46.6. The Kier molecular flexibility index (Phi) is 12.9. The minimum absolute atomic E-state index is 0.0258. The summed E-state index contributed by atoms with van der Waals surface area (Å²) in [7, 11) is 3.71. The summed E-state index contributed by atoms with van der Waals surface area (Å²) in [6.07, 6.45) is 4.31. The molecule has 5 heterocycles. The monoisotopic (exact) mass is 938 g/mol. The van der Waals surface area contributed by atoms with Gasteiger partial charge in [-0.1, -0.05) is 36.4 Å². The van der Waals surface area contributed by atoms with Crippen molar-refractivity contribution in [3.05, 3.63) is 153 Å². The average molecular weight is 939 g/mol. The highest BCUT2D eigenvalue weighted by Crippen LogP contribution is 2.39. The van der Waals surface area contributed by atoms with Crippen molar-refractivity contribution in [2.45, 2.75) is 78.0 Å². The van der Waals surface area contributed by atoms with Crippen molar-refractivity contribution < 1.29 is 24.2 Å². The van der Waals surface area contributed by atoms with Crippen molar-refractivity contribution >= 4 is 29.1 Å². The molecule has 1 aliphatic carbocycles. The van der Waals surface area contributed by atoms with Crippen LogP contribution in [-0.2, 0) is 51.2 Å². The topological polar surface area (TPSA) is 131 Å². The minimum atomic E-state index is -0.320. The number of benzene rings is 4. The Morgan fingerprint density at radius 2 is 1.51 bits per heavy atom. The van der Waals surface area contributed by atoms with Crippen LogP contribution in [-0.4, -0.2) is 110 Å². The first-order valence-electron chi connectivity index (χ1n) is 24.7. The predicted octanol–water partition coefficient (Wildman–Crippen LogP) is 8.08. The van der Waals surface area contributed by atoms with Crippen molar-refractivity contribution in [2.75, 3.05) is 50.8 Å². The average Bonchev–Trinajstić information content (AvgIpc) is 4.13. The zero-order valence-electron chi connectivity index (χ0n) is 40.9. The van der Waals surface area contributed by atoms with E-state index in [-0.39, 0.29) is 35.9 Å². The van der Waals surface area contributed by atoms with Crippen LogP contribution in [0.25, 0.3) is 11.3 Å². The van der Waals surface area contributed by atoms with E-state index in [2.05, 4.69) is 41.0 Å². The molecule has 70 heavy (non-hydrogen) atoms. The molecule has 3 amide bonds. The molecule has 1 N–H and O–H groups in total. The van der Waals surface area contributed by atoms with Crippen LogP contribution in [0.15, 0.2) is 97.1 Å². The lowest BCUT2D eigenvalue weighted by Gasteiger charge is -2.36. The maximum absolute atomic E-state index is 15.2. The Hall–Kier alpha value is -7.14. The molecule has 1 saturated heterocycles. The fourth-order valence-electron chi connectivity index (χ4n) is 10.7. The minimum Gasteiger partial charge on any atom is -0.508 e. The van der Waals surface area contributed by atoms with Gasteiger partial charge < -0.3 is 28.8 Å². The van der Waals surface area contributed by atoms with E-state index in [1.165, 1.54) is 30.5 Å². The number of fused-ring (bicyclic) bond motifs is 2. The lowest BCUT2D eigenvalue weighted by atomic mass is 9.89. The number of nitriles is 1. The zero-order chi connectivity index (χ0) is 48.8. The second kappa shape index (κ2) is 19.3. The van der Waals surface area contributed by atoms with E-state index in [9.17, 15) is 15.2 Å². The summed E-state index contributed by atoms with van der Waals surface area (Å²) < 4.78 is 9.85. The summed E-state index contributed by atoms with van der Waals surface area (Å²) in [5.74, 6) is 0.467. The second-order valence-corrected chi connectivity index (χ2v) is 19.7. The number of amides is 3. The molecule has 0 bridgehead atoms. The van der Waals surface area contributed by atoms with Gasteiger partial charge in [-0.05, 0) is 135 Å². The molecular formula is C57H62N8O5. The second-order valence-electron chi connectivity index (χ2n) is 19.7. The third kappa shape index (κ3) is 9.21. The molecule has 0 radical (unpaired) electrons. The number of aromatic nitrogens is 2. The smallest absolute Gasteiger partial charge is 0.264 e. The molecule has 2 fully saturated rings. The van der Waals surface area contributed by atoms with Crippen molar-refractivity contribution in [3.8, 4) is 28.8 Å². The molecule has 3 aliphatic heterocycles. The number of ether oxygens (including phenoxy) is 1. The van der Waals surface area contributed by atoms with Gasteiger partial charge in [0, 0.05) is 112 Å². The van der Waals surface area contributed by atoms with Crippen molar-refractivity contribution in [1.29, 1.82) is 5.26 Å². The van der Waals surface area contributed by atoms with E-state index in [0.29, 0.717) is 72.2 Å².